The molecule has 0 aliphatic carbocycles. The summed E-state index contributed by atoms with van der Waals surface area (Å²) in [6.45, 7) is 2.10. The first-order valence-electron chi connectivity index (χ1n) is 13.0. The highest BCUT2D eigenvalue weighted by Gasteiger charge is 2.09. The standard InChI is InChI=1S/C31H22S/c1-21-7-9-24(10-8-21)27-15-17-28-29-19-26(16-18-30(29)32-31(28)20-27)25-13-11-23(12-14-25)22-5-3-2-4-6-22/h2-20H,1H3/i2D,3D,4D,5D,6D. The molecular weight excluding hydrogens is 404 g/mol. The van der Waals surface area contributed by atoms with Crippen molar-refractivity contribution in [2.45, 2.75) is 6.92 Å². The molecule has 0 fully saturated rings. The molecule has 5 aromatic carbocycles. The Morgan fingerprint density at radius 1 is 0.500 bits per heavy atom. The van der Waals surface area contributed by atoms with E-state index in [1.807, 2.05) is 24.3 Å². The summed E-state index contributed by atoms with van der Waals surface area (Å²) in [5.74, 6) is 0. The molecule has 1 aromatic heterocycles. The van der Waals surface area contributed by atoms with E-state index in [1.54, 1.807) is 11.3 Å². The lowest BCUT2D eigenvalue weighted by Gasteiger charge is -2.06. The predicted octanol–water partition coefficient (Wildman–Crippen LogP) is 9.36. The normalized spacial score (nSPS) is 13.5. The third-order valence-electron chi connectivity index (χ3n) is 5.86. The second-order valence-electron chi connectivity index (χ2n) is 7.97. The molecule has 152 valence electrons. The zero-order chi connectivity index (χ0) is 25.8. The Labute approximate surface area is 199 Å². The van der Waals surface area contributed by atoms with Crippen LogP contribution in [0, 0.1) is 6.92 Å². The highest BCUT2D eigenvalue weighted by Crippen LogP contribution is 2.38. The summed E-state index contributed by atoms with van der Waals surface area (Å²) in [5.41, 5.74) is 6.58. The van der Waals surface area contributed by atoms with Crippen LogP contribution in [0.1, 0.15) is 12.4 Å². The summed E-state index contributed by atoms with van der Waals surface area (Å²) in [4.78, 5) is 0. The number of hydrogen-bond donors (Lipinski definition) is 0. The minimum atomic E-state index is -0.377. The van der Waals surface area contributed by atoms with Crippen molar-refractivity contribution >= 4 is 31.5 Å². The second kappa shape index (κ2) is 7.78. The fraction of sp³-hybridized carbons (Fsp3) is 0.0323. The molecule has 0 radical (unpaired) electrons. The quantitative estimate of drug-likeness (QED) is 0.262. The Bertz CT molecular complexity index is 1790. The number of hydrogen-bond acceptors (Lipinski definition) is 1. The molecule has 0 saturated heterocycles. The van der Waals surface area contributed by atoms with Gasteiger partial charge in [-0.25, -0.2) is 0 Å². The Morgan fingerprint density at radius 2 is 1.06 bits per heavy atom. The second-order valence-corrected chi connectivity index (χ2v) is 9.05. The van der Waals surface area contributed by atoms with Crippen LogP contribution in [-0.2, 0) is 0 Å². The van der Waals surface area contributed by atoms with Crippen LogP contribution in [0.5, 0.6) is 0 Å². The lowest BCUT2D eigenvalue weighted by Crippen LogP contribution is -1.80. The SMILES string of the molecule is [2H]c1c([2H])c([2H])c(-c2ccc(-c3ccc4sc5cc(-c6ccc(C)cc6)ccc5c4c3)cc2)c([2H])c1[2H]. The van der Waals surface area contributed by atoms with Crippen LogP contribution in [0.3, 0.4) is 0 Å². The lowest BCUT2D eigenvalue weighted by molar-refractivity contribution is 1.47. The zero-order valence-electron chi connectivity index (χ0n) is 22.5. The molecule has 0 bridgehead atoms. The molecule has 0 saturated carbocycles. The third kappa shape index (κ3) is 3.41. The smallest absolute Gasteiger partial charge is 0.0629 e. The molecule has 1 heterocycles. The summed E-state index contributed by atoms with van der Waals surface area (Å²) in [6.07, 6.45) is 0. The Balaban J connectivity index is 1.38. The van der Waals surface area contributed by atoms with Gasteiger partial charge in [-0.3, -0.25) is 0 Å². The van der Waals surface area contributed by atoms with Gasteiger partial charge in [0.15, 0.2) is 0 Å². The highest BCUT2D eigenvalue weighted by molar-refractivity contribution is 7.25. The molecule has 6 aromatic rings. The molecule has 32 heavy (non-hydrogen) atoms. The first-order chi connectivity index (χ1) is 17.8. The molecule has 0 atom stereocenters. The van der Waals surface area contributed by atoms with Crippen molar-refractivity contribution in [2.24, 2.45) is 0 Å². The molecule has 0 nitrogen and oxygen atoms in total. The van der Waals surface area contributed by atoms with Crippen molar-refractivity contribution in [2.75, 3.05) is 0 Å². The number of thiophene rings is 1. The van der Waals surface area contributed by atoms with Gasteiger partial charge in [-0.15, -0.1) is 11.3 Å². The summed E-state index contributed by atoms with van der Waals surface area (Å²) in [5, 5.41) is 2.44. The minimum Gasteiger partial charge on any atom is -0.135 e. The van der Waals surface area contributed by atoms with E-state index >= 15 is 0 Å². The largest absolute Gasteiger partial charge is 0.135 e. The van der Waals surface area contributed by atoms with E-state index in [1.165, 1.54) is 36.9 Å². The molecule has 0 spiro atoms. The van der Waals surface area contributed by atoms with Crippen molar-refractivity contribution in [3.05, 3.63) is 121 Å². The van der Waals surface area contributed by atoms with Crippen LogP contribution in [0.2, 0.25) is 0 Å². The van der Waals surface area contributed by atoms with Crippen molar-refractivity contribution < 1.29 is 6.85 Å². The molecule has 0 aliphatic rings. The van der Waals surface area contributed by atoms with E-state index < -0.39 is 0 Å². The Morgan fingerprint density at radius 3 is 1.78 bits per heavy atom. The number of rotatable bonds is 3. The van der Waals surface area contributed by atoms with E-state index in [-0.39, 0.29) is 35.8 Å². The van der Waals surface area contributed by atoms with Gasteiger partial charge in [0.05, 0.1) is 6.85 Å². The van der Waals surface area contributed by atoms with Crippen LogP contribution in [-0.4, -0.2) is 0 Å². The molecule has 0 amide bonds. The van der Waals surface area contributed by atoms with E-state index in [2.05, 4.69) is 67.6 Å². The number of fused-ring (bicyclic) bond motifs is 3. The van der Waals surface area contributed by atoms with E-state index in [0.29, 0.717) is 5.56 Å². The number of aryl methyl sites for hydroxylation is 1. The molecule has 0 aliphatic heterocycles. The maximum Gasteiger partial charge on any atom is 0.0629 e. The summed E-state index contributed by atoms with van der Waals surface area (Å²) < 4.78 is 42.7. The lowest BCUT2D eigenvalue weighted by atomic mass is 9.98. The monoisotopic (exact) mass is 431 g/mol. The van der Waals surface area contributed by atoms with Gasteiger partial charge >= 0.3 is 0 Å². The average molecular weight is 432 g/mol. The van der Waals surface area contributed by atoms with Crippen molar-refractivity contribution in [3.63, 3.8) is 0 Å². The average Bonchev–Trinajstić information content (AvgIpc) is 3.29. The van der Waals surface area contributed by atoms with Crippen LogP contribution in [0.25, 0.3) is 53.6 Å². The maximum atomic E-state index is 8.25. The van der Waals surface area contributed by atoms with Crippen LogP contribution in [0.4, 0.5) is 0 Å². The van der Waals surface area contributed by atoms with Gasteiger partial charge in [-0.05, 0) is 58.5 Å². The van der Waals surface area contributed by atoms with Gasteiger partial charge in [-0.2, -0.15) is 0 Å². The number of benzene rings is 5. The first-order valence-corrected chi connectivity index (χ1v) is 11.3. The van der Waals surface area contributed by atoms with Crippen LogP contribution < -0.4 is 0 Å². The van der Waals surface area contributed by atoms with Crippen molar-refractivity contribution in [1.29, 1.82) is 0 Å². The molecule has 0 N–H and O–H groups in total. The van der Waals surface area contributed by atoms with E-state index in [9.17, 15) is 0 Å². The predicted molar refractivity (Wildman–Crippen MR) is 140 cm³/mol. The summed E-state index contributed by atoms with van der Waals surface area (Å²) in [7, 11) is 0. The van der Waals surface area contributed by atoms with Crippen molar-refractivity contribution in [3.8, 4) is 33.4 Å². The van der Waals surface area contributed by atoms with Crippen LogP contribution in [0.15, 0.2) is 115 Å². The third-order valence-corrected chi connectivity index (χ3v) is 7.00. The fourth-order valence-electron chi connectivity index (χ4n) is 4.11. The van der Waals surface area contributed by atoms with Gasteiger partial charge in [-0.1, -0.05) is 103 Å². The first kappa shape index (κ1) is 14.4. The summed E-state index contributed by atoms with van der Waals surface area (Å²) >= 11 is 1.79. The van der Waals surface area contributed by atoms with E-state index in [4.69, 9.17) is 6.85 Å². The van der Waals surface area contributed by atoms with Gasteiger partial charge < -0.3 is 0 Å². The molecular formula is C31H22S. The fourth-order valence-corrected chi connectivity index (χ4v) is 5.23. The van der Waals surface area contributed by atoms with Gasteiger partial charge in [0.2, 0.25) is 0 Å². The molecule has 1 heteroatoms. The molecule has 6 rings (SSSR count). The highest BCUT2D eigenvalue weighted by atomic mass is 32.1. The van der Waals surface area contributed by atoms with Gasteiger partial charge in [0.1, 0.15) is 0 Å². The Hall–Kier alpha value is -3.68. The summed E-state index contributed by atoms with van der Waals surface area (Å²) in [6, 6.07) is 27.9. The van der Waals surface area contributed by atoms with Crippen molar-refractivity contribution in [1.82, 2.24) is 0 Å². The van der Waals surface area contributed by atoms with Crippen LogP contribution >= 0.6 is 11.3 Å². The topological polar surface area (TPSA) is 0 Å². The molecule has 0 unspecified atom stereocenters. The maximum absolute atomic E-state index is 8.25. The van der Waals surface area contributed by atoms with Gasteiger partial charge in [0, 0.05) is 20.2 Å². The van der Waals surface area contributed by atoms with Gasteiger partial charge in [0.25, 0.3) is 0 Å². The minimum absolute atomic E-state index is 0.185. The zero-order valence-corrected chi connectivity index (χ0v) is 18.3. The van der Waals surface area contributed by atoms with E-state index in [0.717, 1.165) is 11.1 Å². The Kier molecular flexibility index (Phi) is 3.50.